The molecule has 112 valence electrons. The van der Waals surface area contributed by atoms with Crippen molar-refractivity contribution in [2.45, 2.75) is 19.2 Å². The molecule has 0 saturated heterocycles. The van der Waals surface area contributed by atoms with Crippen molar-refractivity contribution < 1.29 is 22.7 Å². The maximum absolute atomic E-state index is 12.0. The second kappa shape index (κ2) is 6.09. The van der Waals surface area contributed by atoms with Crippen LogP contribution in [0.3, 0.4) is 0 Å². The van der Waals surface area contributed by atoms with Gasteiger partial charge in [0.1, 0.15) is 18.5 Å². The molecule has 21 heavy (non-hydrogen) atoms. The summed E-state index contributed by atoms with van der Waals surface area (Å²) in [6, 6.07) is 10.6. The van der Waals surface area contributed by atoms with E-state index in [4.69, 9.17) is 0 Å². The first kappa shape index (κ1) is 15.2. The van der Waals surface area contributed by atoms with Gasteiger partial charge in [0.15, 0.2) is 0 Å². The lowest BCUT2D eigenvalue weighted by Gasteiger charge is -2.14. The summed E-state index contributed by atoms with van der Waals surface area (Å²) >= 11 is 0. The third-order valence-electron chi connectivity index (χ3n) is 2.72. The van der Waals surface area contributed by atoms with Crippen LogP contribution in [0.4, 0.5) is 19.0 Å². The Labute approximate surface area is 118 Å². The lowest BCUT2D eigenvalue weighted by atomic mass is 10.2. The lowest BCUT2D eigenvalue weighted by Crippen LogP contribution is -2.31. The van der Waals surface area contributed by atoms with Crippen LogP contribution in [-0.4, -0.2) is 29.8 Å². The molecule has 0 aliphatic heterocycles. The molecular weight excluding hydrogens is 285 g/mol. The minimum absolute atomic E-state index is 0.265. The first-order valence-electron chi connectivity index (χ1n) is 6.20. The summed E-state index contributed by atoms with van der Waals surface area (Å²) in [6.07, 6.45) is -5.68. The number of hydrogen-bond donors (Lipinski definition) is 1. The quantitative estimate of drug-likeness (QED) is 0.943. The summed E-state index contributed by atoms with van der Waals surface area (Å²) in [6.45, 7) is -0.213. The van der Waals surface area contributed by atoms with E-state index < -0.39 is 24.8 Å². The zero-order valence-corrected chi connectivity index (χ0v) is 11.1. The summed E-state index contributed by atoms with van der Waals surface area (Å²) in [7, 11) is 0. The van der Waals surface area contributed by atoms with Crippen LogP contribution in [0.25, 0.3) is 10.9 Å². The molecule has 0 spiro atoms. The van der Waals surface area contributed by atoms with E-state index in [1.54, 1.807) is 24.3 Å². The predicted molar refractivity (Wildman–Crippen MR) is 71.8 cm³/mol. The lowest BCUT2D eigenvalue weighted by molar-refractivity contribution is -0.184. The molecule has 0 aliphatic carbocycles. The van der Waals surface area contributed by atoms with E-state index in [2.05, 4.69) is 15.0 Å². The number of pyridine rings is 1. The minimum Gasteiger partial charge on any atom is -0.359 e. The molecule has 7 heteroatoms. The number of rotatable bonds is 4. The summed E-state index contributed by atoms with van der Waals surface area (Å²) in [5, 5.41) is 3.33. The zero-order chi connectivity index (χ0) is 15.5. The summed E-state index contributed by atoms with van der Waals surface area (Å²) in [5.41, 5.74) is 0.680. The number of alkyl halides is 3. The molecule has 1 atom stereocenters. The number of amides is 1. The van der Waals surface area contributed by atoms with Crippen molar-refractivity contribution in [2.75, 3.05) is 11.9 Å². The molecule has 1 N–H and O–H groups in total. The maximum atomic E-state index is 12.0. The van der Waals surface area contributed by atoms with Gasteiger partial charge in [0.05, 0.1) is 5.52 Å². The number of para-hydroxylation sites is 1. The van der Waals surface area contributed by atoms with Gasteiger partial charge in [-0.15, -0.1) is 0 Å². The largest absolute Gasteiger partial charge is 0.411 e. The van der Waals surface area contributed by atoms with Crippen LogP contribution in [0.1, 0.15) is 6.92 Å². The fourth-order valence-corrected chi connectivity index (χ4v) is 1.66. The van der Waals surface area contributed by atoms with Gasteiger partial charge in [0.25, 0.3) is 5.91 Å². The Hall–Kier alpha value is -2.15. The van der Waals surface area contributed by atoms with Crippen LogP contribution in [0.5, 0.6) is 0 Å². The predicted octanol–water partition coefficient (Wildman–Crippen LogP) is 3.14. The Morgan fingerprint density at radius 2 is 2.00 bits per heavy atom. The molecule has 2 aromatic rings. The van der Waals surface area contributed by atoms with Crippen LogP contribution in [0.15, 0.2) is 36.4 Å². The van der Waals surface area contributed by atoms with Gasteiger partial charge in [0, 0.05) is 5.39 Å². The summed E-state index contributed by atoms with van der Waals surface area (Å²) < 4.78 is 40.5. The highest BCUT2D eigenvalue weighted by atomic mass is 19.4. The molecule has 1 aromatic carbocycles. The molecule has 1 heterocycles. The second-order valence-electron chi connectivity index (χ2n) is 4.45. The van der Waals surface area contributed by atoms with Crippen molar-refractivity contribution in [3.63, 3.8) is 0 Å². The van der Waals surface area contributed by atoms with E-state index in [0.29, 0.717) is 5.52 Å². The van der Waals surface area contributed by atoms with Crippen LogP contribution in [0, 0.1) is 0 Å². The van der Waals surface area contributed by atoms with Gasteiger partial charge in [-0.1, -0.05) is 18.2 Å². The van der Waals surface area contributed by atoms with E-state index >= 15 is 0 Å². The van der Waals surface area contributed by atoms with Gasteiger partial charge in [-0.25, -0.2) is 4.98 Å². The van der Waals surface area contributed by atoms with Crippen LogP contribution in [-0.2, 0) is 9.53 Å². The van der Waals surface area contributed by atoms with Crippen LogP contribution >= 0.6 is 0 Å². The number of hydrogen-bond acceptors (Lipinski definition) is 3. The molecule has 0 saturated carbocycles. The smallest absolute Gasteiger partial charge is 0.359 e. The third-order valence-corrected chi connectivity index (χ3v) is 2.72. The Balaban J connectivity index is 2.00. The molecular formula is C14H13F3N2O2. The number of ether oxygens (including phenoxy) is 1. The number of carbonyl (C=O) groups is 1. The van der Waals surface area contributed by atoms with Gasteiger partial charge in [-0.05, 0) is 25.1 Å². The van der Waals surface area contributed by atoms with Crippen molar-refractivity contribution in [1.82, 2.24) is 4.98 Å². The van der Waals surface area contributed by atoms with E-state index in [-0.39, 0.29) is 5.82 Å². The zero-order valence-electron chi connectivity index (χ0n) is 11.1. The molecule has 0 aliphatic rings. The van der Waals surface area contributed by atoms with Crippen molar-refractivity contribution >= 4 is 22.6 Å². The van der Waals surface area contributed by atoms with Crippen molar-refractivity contribution in [3.05, 3.63) is 36.4 Å². The van der Waals surface area contributed by atoms with E-state index in [1.807, 2.05) is 12.1 Å². The number of halogens is 3. The number of nitrogens with zero attached hydrogens (tertiary/aromatic N) is 1. The number of nitrogens with one attached hydrogen (secondary N) is 1. The Kier molecular flexibility index (Phi) is 4.42. The number of carbonyl (C=O) groups excluding carboxylic acids is 1. The van der Waals surface area contributed by atoms with Gasteiger partial charge < -0.3 is 10.1 Å². The maximum Gasteiger partial charge on any atom is 0.411 e. The molecule has 0 unspecified atom stereocenters. The van der Waals surface area contributed by atoms with Crippen LogP contribution in [0.2, 0.25) is 0 Å². The first-order valence-corrected chi connectivity index (χ1v) is 6.20. The van der Waals surface area contributed by atoms with E-state index in [9.17, 15) is 18.0 Å². The number of aromatic nitrogens is 1. The fraction of sp³-hybridized carbons (Fsp3) is 0.286. The number of benzene rings is 1. The first-order chi connectivity index (χ1) is 9.85. The van der Waals surface area contributed by atoms with Crippen molar-refractivity contribution in [3.8, 4) is 0 Å². The Morgan fingerprint density at radius 1 is 1.29 bits per heavy atom. The van der Waals surface area contributed by atoms with E-state index in [0.717, 1.165) is 5.39 Å². The molecule has 2 rings (SSSR count). The average Bonchev–Trinajstić information content (AvgIpc) is 2.43. The van der Waals surface area contributed by atoms with Crippen LogP contribution < -0.4 is 5.32 Å². The van der Waals surface area contributed by atoms with Gasteiger partial charge in [-0.3, -0.25) is 4.79 Å². The average molecular weight is 298 g/mol. The standard InChI is InChI=1S/C14H13F3N2O2/c1-9(21-8-14(15,16)17)13(20)19-12-7-6-10-4-2-3-5-11(10)18-12/h2-7,9H,8H2,1H3,(H,18,19,20)/t9-/m0/s1. The Bertz CT molecular complexity index is 643. The highest BCUT2D eigenvalue weighted by Gasteiger charge is 2.29. The molecule has 4 nitrogen and oxygen atoms in total. The topological polar surface area (TPSA) is 51.2 Å². The van der Waals surface area contributed by atoms with E-state index in [1.165, 1.54) is 6.92 Å². The molecule has 0 fully saturated rings. The summed E-state index contributed by atoms with van der Waals surface area (Å²) in [5.74, 6) is -0.414. The fourth-order valence-electron chi connectivity index (χ4n) is 1.66. The molecule has 1 amide bonds. The second-order valence-corrected chi connectivity index (χ2v) is 4.45. The number of anilines is 1. The van der Waals surface area contributed by atoms with Crippen molar-refractivity contribution in [1.29, 1.82) is 0 Å². The molecule has 0 radical (unpaired) electrons. The normalized spacial score (nSPS) is 13.1. The van der Waals surface area contributed by atoms with Gasteiger partial charge >= 0.3 is 6.18 Å². The summed E-state index contributed by atoms with van der Waals surface area (Å²) in [4.78, 5) is 15.9. The molecule has 0 bridgehead atoms. The SMILES string of the molecule is C[C@H](OCC(F)(F)F)C(=O)Nc1ccc2ccccc2n1. The third kappa shape index (κ3) is 4.42. The number of fused-ring (bicyclic) bond motifs is 1. The van der Waals surface area contributed by atoms with Gasteiger partial charge in [-0.2, -0.15) is 13.2 Å². The highest BCUT2D eigenvalue weighted by Crippen LogP contribution is 2.17. The van der Waals surface area contributed by atoms with Gasteiger partial charge in [0.2, 0.25) is 0 Å². The van der Waals surface area contributed by atoms with Crippen molar-refractivity contribution in [2.24, 2.45) is 0 Å². The Morgan fingerprint density at radius 3 is 2.71 bits per heavy atom. The minimum atomic E-state index is -4.46. The monoisotopic (exact) mass is 298 g/mol. The highest BCUT2D eigenvalue weighted by molar-refractivity contribution is 5.94. The molecule has 1 aromatic heterocycles.